The largest absolute Gasteiger partial charge is 0.324 e. The van der Waals surface area contributed by atoms with Crippen molar-refractivity contribution in [1.82, 2.24) is 4.90 Å². The third-order valence-corrected chi connectivity index (χ3v) is 4.18. The average Bonchev–Trinajstić information content (AvgIpc) is 2.70. The van der Waals surface area contributed by atoms with Gasteiger partial charge in [0, 0.05) is 17.5 Å². The summed E-state index contributed by atoms with van der Waals surface area (Å²) in [4.78, 5) is 13.8. The van der Waals surface area contributed by atoms with Crippen molar-refractivity contribution in [2.75, 3.05) is 13.1 Å². The van der Waals surface area contributed by atoms with E-state index in [1.165, 1.54) is 43.4 Å². The predicted octanol–water partition coefficient (Wildman–Crippen LogP) is 3.42. The van der Waals surface area contributed by atoms with Gasteiger partial charge in [0.05, 0.1) is 4.92 Å². The van der Waals surface area contributed by atoms with E-state index in [2.05, 4.69) is 4.90 Å². The van der Waals surface area contributed by atoms with Crippen LogP contribution in [0.5, 0.6) is 0 Å². The average molecular weight is 254 g/mol. The monoisotopic (exact) mass is 254 g/mol. The fourth-order valence-corrected chi connectivity index (χ4v) is 3.10. The number of rotatable bonds is 3. The Morgan fingerprint density at radius 1 is 1.18 bits per heavy atom. The Morgan fingerprint density at radius 3 is 2.41 bits per heavy atom. The molecule has 0 N–H and O–H groups in total. The maximum absolute atomic E-state index is 10.6. The van der Waals surface area contributed by atoms with E-state index in [-0.39, 0.29) is 9.92 Å². The first-order valence-electron chi connectivity index (χ1n) is 6.21. The molecule has 0 atom stereocenters. The van der Waals surface area contributed by atoms with Gasteiger partial charge in [0.2, 0.25) is 0 Å². The third-order valence-electron chi connectivity index (χ3n) is 3.16. The van der Waals surface area contributed by atoms with Gasteiger partial charge in [-0.15, -0.1) is 0 Å². The first-order valence-corrected chi connectivity index (χ1v) is 7.03. The van der Waals surface area contributed by atoms with Crippen LogP contribution in [-0.4, -0.2) is 22.9 Å². The molecule has 5 heteroatoms. The third kappa shape index (κ3) is 3.78. The second kappa shape index (κ2) is 6.12. The molecule has 4 nitrogen and oxygen atoms in total. The lowest BCUT2D eigenvalue weighted by molar-refractivity contribution is -0.380. The lowest BCUT2D eigenvalue weighted by Crippen LogP contribution is -2.26. The van der Waals surface area contributed by atoms with Crippen LogP contribution in [0.15, 0.2) is 12.1 Å². The molecule has 0 unspecified atom stereocenters. The first-order chi connectivity index (χ1) is 8.25. The molecule has 0 spiro atoms. The molecule has 0 aromatic carbocycles. The number of hydrogen-bond donors (Lipinski definition) is 0. The van der Waals surface area contributed by atoms with Crippen molar-refractivity contribution >= 4 is 16.3 Å². The predicted molar refractivity (Wildman–Crippen MR) is 69.3 cm³/mol. The molecule has 17 heavy (non-hydrogen) atoms. The van der Waals surface area contributed by atoms with E-state index in [9.17, 15) is 10.1 Å². The fourth-order valence-electron chi connectivity index (χ4n) is 2.24. The van der Waals surface area contributed by atoms with Crippen LogP contribution in [0, 0.1) is 10.1 Å². The zero-order chi connectivity index (χ0) is 12.1. The Balaban J connectivity index is 1.91. The highest BCUT2D eigenvalue weighted by Crippen LogP contribution is 2.25. The molecule has 94 valence electrons. The normalized spacial score (nSPS) is 18.6. The van der Waals surface area contributed by atoms with E-state index in [4.69, 9.17) is 0 Å². The smallest absolute Gasteiger partial charge is 0.298 e. The zero-order valence-electron chi connectivity index (χ0n) is 9.93. The van der Waals surface area contributed by atoms with Gasteiger partial charge in [-0.05, 0) is 32.0 Å². The molecule has 1 fully saturated rings. The Hall–Kier alpha value is -0.940. The van der Waals surface area contributed by atoms with E-state index < -0.39 is 0 Å². The van der Waals surface area contributed by atoms with Crippen LogP contribution >= 0.6 is 11.3 Å². The van der Waals surface area contributed by atoms with Gasteiger partial charge < -0.3 is 0 Å². The van der Waals surface area contributed by atoms with Crippen LogP contribution in [0.4, 0.5) is 5.00 Å². The first kappa shape index (κ1) is 12.5. The minimum atomic E-state index is -0.304. The number of nitro groups is 1. The summed E-state index contributed by atoms with van der Waals surface area (Å²) < 4.78 is 0. The molecule has 1 aromatic heterocycles. The maximum atomic E-state index is 10.6. The standard InChI is InChI=1S/C12H18N2O2S/c15-14(16)12-7-6-11(17-12)10-13-8-4-2-1-3-5-9-13/h6-7H,1-5,8-10H2. The van der Waals surface area contributed by atoms with Crippen molar-refractivity contribution in [1.29, 1.82) is 0 Å². The highest BCUT2D eigenvalue weighted by atomic mass is 32.1. The van der Waals surface area contributed by atoms with Crippen LogP contribution < -0.4 is 0 Å². The highest BCUT2D eigenvalue weighted by Gasteiger charge is 2.13. The van der Waals surface area contributed by atoms with Crippen molar-refractivity contribution in [3.8, 4) is 0 Å². The molecular formula is C12H18N2O2S. The Kier molecular flexibility index (Phi) is 4.50. The molecule has 0 saturated carbocycles. The van der Waals surface area contributed by atoms with Gasteiger partial charge >= 0.3 is 5.00 Å². The van der Waals surface area contributed by atoms with Gasteiger partial charge in [0.25, 0.3) is 0 Å². The van der Waals surface area contributed by atoms with Gasteiger partial charge in [-0.25, -0.2) is 0 Å². The zero-order valence-corrected chi connectivity index (χ0v) is 10.7. The fraction of sp³-hybridized carbons (Fsp3) is 0.667. The number of hydrogen-bond acceptors (Lipinski definition) is 4. The second-order valence-electron chi connectivity index (χ2n) is 4.54. The summed E-state index contributed by atoms with van der Waals surface area (Å²) in [5.74, 6) is 0. The molecule has 1 saturated heterocycles. The van der Waals surface area contributed by atoms with Crippen LogP contribution in [0.1, 0.15) is 37.0 Å². The summed E-state index contributed by atoms with van der Waals surface area (Å²) in [5, 5.41) is 10.9. The number of nitrogens with zero attached hydrogens (tertiary/aromatic N) is 2. The summed E-state index contributed by atoms with van der Waals surface area (Å²) in [6.45, 7) is 3.13. The van der Waals surface area contributed by atoms with E-state index in [1.54, 1.807) is 6.07 Å². The quantitative estimate of drug-likeness (QED) is 0.613. The Morgan fingerprint density at radius 2 is 1.82 bits per heavy atom. The summed E-state index contributed by atoms with van der Waals surface area (Å²) in [6.07, 6.45) is 6.52. The second-order valence-corrected chi connectivity index (χ2v) is 5.69. The summed E-state index contributed by atoms with van der Waals surface area (Å²) in [7, 11) is 0. The number of thiophene rings is 1. The van der Waals surface area contributed by atoms with Crippen molar-refractivity contribution in [3.63, 3.8) is 0 Å². The van der Waals surface area contributed by atoms with Gasteiger partial charge in [-0.2, -0.15) is 0 Å². The molecule has 2 heterocycles. The van der Waals surface area contributed by atoms with E-state index in [1.807, 2.05) is 6.07 Å². The van der Waals surface area contributed by atoms with Crippen LogP contribution in [0.2, 0.25) is 0 Å². The van der Waals surface area contributed by atoms with Crippen LogP contribution in [0.25, 0.3) is 0 Å². The van der Waals surface area contributed by atoms with E-state index in [0.29, 0.717) is 0 Å². The van der Waals surface area contributed by atoms with Gasteiger partial charge in [0.1, 0.15) is 0 Å². The summed E-state index contributed by atoms with van der Waals surface area (Å²) in [5.41, 5.74) is 0. The van der Waals surface area contributed by atoms with Crippen molar-refractivity contribution < 1.29 is 4.92 Å². The van der Waals surface area contributed by atoms with Gasteiger partial charge in [0.15, 0.2) is 0 Å². The van der Waals surface area contributed by atoms with Crippen molar-refractivity contribution in [3.05, 3.63) is 27.1 Å². The van der Waals surface area contributed by atoms with Crippen molar-refractivity contribution in [2.45, 2.75) is 38.6 Å². The van der Waals surface area contributed by atoms with Gasteiger partial charge in [-0.1, -0.05) is 30.6 Å². The lowest BCUT2D eigenvalue weighted by atomic mass is 10.1. The highest BCUT2D eigenvalue weighted by molar-refractivity contribution is 7.15. The van der Waals surface area contributed by atoms with Crippen LogP contribution in [-0.2, 0) is 6.54 Å². The topological polar surface area (TPSA) is 46.4 Å². The minimum Gasteiger partial charge on any atom is -0.298 e. The summed E-state index contributed by atoms with van der Waals surface area (Å²) >= 11 is 1.31. The molecule has 0 radical (unpaired) electrons. The Bertz CT molecular complexity index is 370. The van der Waals surface area contributed by atoms with Crippen molar-refractivity contribution in [2.24, 2.45) is 0 Å². The molecule has 0 bridgehead atoms. The Labute approximate surface area is 105 Å². The van der Waals surface area contributed by atoms with Crippen LogP contribution in [0.3, 0.4) is 0 Å². The molecular weight excluding hydrogens is 236 g/mol. The van der Waals surface area contributed by atoms with E-state index in [0.717, 1.165) is 24.5 Å². The molecule has 0 aliphatic carbocycles. The van der Waals surface area contributed by atoms with E-state index >= 15 is 0 Å². The number of likely N-dealkylation sites (tertiary alicyclic amines) is 1. The molecule has 1 aliphatic rings. The SMILES string of the molecule is O=[N+]([O-])c1ccc(CN2CCCCCCC2)s1. The summed E-state index contributed by atoms with van der Waals surface area (Å²) in [6, 6.07) is 3.51. The minimum absolute atomic E-state index is 0.257. The lowest BCUT2D eigenvalue weighted by Gasteiger charge is -2.23. The molecule has 0 amide bonds. The maximum Gasteiger partial charge on any atom is 0.324 e. The molecule has 1 aliphatic heterocycles. The molecule has 2 rings (SSSR count). The molecule has 1 aromatic rings. The van der Waals surface area contributed by atoms with Gasteiger partial charge in [-0.3, -0.25) is 15.0 Å².